The molecule has 1 aliphatic heterocycles. The van der Waals surface area contributed by atoms with E-state index in [9.17, 15) is 4.79 Å². The molecular formula is C6H10ClNO. The van der Waals surface area contributed by atoms with Gasteiger partial charge in [-0.25, -0.2) is 0 Å². The summed E-state index contributed by atoms with van der Waals surface area (Å²) in [5.74, 6) is 0.193. The maximum atomic E-state index is 10.7. The lowest BCUT2D eigenvalue weighted by atomic mass is 10.2. The van der Waals surface area contributed by atoms with Crippen LogP contribution >= 0.6 is 11.6 Å². The van der Waals surface area contributed by atoms with Gasteiger partial charge in [0, 0.05) is 0 Å². The molecule has 9 heavy (non-hydrogen) atoms. The number of Topliss-reactive ketones (excluding diaryl/α,β-unsaturated/α-hetero) is 1. The van der Waals surface area contributed by atoms with Crippen molar-refractivity contribution in [1.82, 2.24) is 5.32 Å². The first-order valence-corrected chi connectivity index (χ1v) is 3.54. The van der Waals surface area contributed by atoms with Gasteiger partial charge in [-0.05, 0) is 19.8 Å². The molecule has 1 aliphatic rings. The molecule has 1 saturated heterocycles. The predicted octanol–water partition coefficient (Wildman–Crippen LogP) is 0.892. The van der Waals surface area contributed by atoms with Crippen LogP contribution in [0.1, 0.15) is 19.8 Å². The summed E-state index contributed by atoms with van der Waals surface area (Å²) in [4.78, 5) is 10.7. The molecular weight excluding hydrogens is 138 g/mol. The lowest BCUT2D eigenvalue weighted by Gasteiger charge is -2.04. The summed E-state index contributed by atoms with van der Waals surface area (Å²) in [5, 5.41) is 2.97. The first-order chi connectivity index (χ1) is 4.20. The monoisotopic (exact) mass is 147 g/mol. The van der Waals surface area contributed by atoms with Crippen molar-refractivity contribution >= 4 is 17.4 Å². The normalized spacial score (nSPS) is 34.9. The summed E-state index contributed by atoms with van der Waals surface area (Å²) in [7, 11) is 0. The van der Waals surface area contributed by atoms with Gasteiger partial charge in [0.2, 0.25) is 0 Å². The van der Waals surface area contributed by atoms with E-state index in [4.69, 9.17) is 11.6 Å². The Kier molecular flexibility index (Phi) is 2.09. The zero-order valence-corrected chi connectivity index (χ0v) is 6.11. The summed E-state index contributed by atoms with van der Waals surface area (Å²) < 4.78 is 0. The number of carbonyl (C=O) groups is 1. The fourth-order valence-corrected chi connectivity index (χ4v) is 1.30. The smallest absolute Gasteiger partial charge is 0.146 e. The van der Waals surface area contributed by atoms with Gasteiger partial charge in [0.25, 0.3) is 0 Å². The van der Waals surface area contributed by atoms with Crippen LogP contribution < -0.4 is 5.32 Å². The maximum absolute atomic E-state index is 10.7. The molecule has 1 rings (SSSR count). The van der Waals surface area contributed by atoms with Crippen LogP contribution in [-0.4, -0.2) is 17.3 Å². The number of nitrogens with one attached hydrogen (secondary N) is 1. The predicted molar refractivity (Wildman–Crippen MR) is 36.5 cm³/mol. The third kappa shape index (κ3) is 1.66. The number of hydrogen-bond acceptors (Lipinski definition) is 2. The zero-order chi connectivity index (χ0) is 6.85. The number of alkyl halides is 1. The molecule has 52 valence electrons. The van der Waals surface area contributed by atoms with E-state index in [1.54, 1.807) is 6.92 Å². The van der Waals surface area contributed by atoms with Crippen molar-refractivity contribution in [3.63, 3.8) is 0 Å². The highest BCUT2D eigenvalue weighted by atomic mass is 35.5. The molecule has 2 nitrogen and oxygen atoms in total. The summed E-state index contributed by atoms with van der Waals surface area (Å²) >= 11 is 5.69. The van der Waals surface area contributed by atoms with Gasteiger partial charge in [-0.1, -0.05) is 0 Å². The van der Waals surface area contributed by atoms with Gasteiger partial charge >= 0.3 is 0 Å². The van der Waals surface area contributed by atoms with Gasteiger partial charge < -0.3 is 0 Å². The Balaban J connectivity index is 2.39. The molecule has 1 fully saturated rings. The average molecular weight is 148 g/mol. The molecule has 0 aromatic heterocycles. The summed E-state index contributed by atoms with van der Waals surface area (Å²) in [5.41, 5.74) is 0.0129. The molecule has 0 aromatic rings. The van der Waals surface area contributed by atoms with E-state index in [-0.39, 0.29) is 17.3 Å². The van der Waals surface area contributed by atoms with Gasteiger partial charge in [0.05, 0.1) is 11.5 Å². The van der Waals surface area contributed by atoms with Gasteiger partial charge in [-0.2, -0.15) is 0 Å². The quantitative estimate of drug-likeness (QED) is 0.441. The molecule has 1 heterocycles. The Morgan fingerprint density at radius 1 is 1.67 bits per heavy atom. The van der Waals surface area contributed by atoms with Gasteiger partial charge in [-0.3, -0.25) is 10.1 Å². The Morgan fingerprint density at radius 3 is 2.56 bits per heavy atom. The molecule has 1 unspecified atom stereocenters. The fourth-order valence-electron chi connectivity index (χ4n) is 1.02. The average Bonchev–Trinajstić information content (AvgIpc) is 2.14. The minimum absolute atomic E-state index is 0.0129. The van der Waals surface area contributed by atoms with E-state index in [0.717, 1.165) is 12.8 Å². The number of carbonyl (C=O) groups excluding carboxylic acids is 1. The molecule has 3 heteroatoms. The lowest BCUT2D eigenvalue weighted by Crippen LogP contribution is -2.31. The van der Waals surface area contributed by atoms with E-state index in [0.29, 0.717) is 0 Å². The van der Waals surface area contributed by atoms with Crippen LogP contribution in [-0.2, 0) is 4.79 Å². The van der Waals surface area contributed by atoms with Gasteiger partial charge in [0.15, 0.2) is 0 Å². The second kappa shape index (κ2) is 2.67. The van der Waals surface area contributed by atoms with Crippen LogP contribution in [0.15, 0.2) is 0 Å². The van der Waals surface area contributed by atoms with E-state index in [1.165, 1.54) is 0 Å². The Hall–Kier alpha value is -0.0800. The van der Waals surface area contributed by atoms with Crippen molar-refractivity contribution in [2.75, 3.05) is 0 Å². The molecule has 0 aliphatic carbocycles. The molecule has 0 aromatic carbocycles. The molecule has 0 spiro atoms. The van der Waals surface area contributed by atoms with Crippen LogP contribution in [0.4, 0.5) is 0 Å². The number of rotatable bonds is 1. The number of ketones is 1. The van der Waals surface area contributed by atoms with Crippen molar-refractivity contribution in [2.24, 2.45) is 0 Å². The highest BCUT2D eigenvalue weighted by Gasteiger charge is 2.24. The Morgan fingerprint density at radius 2 is 2.33 bits per heavy atom. The van der Waals surface area contributed by atoms with E-state index >= 15 is 0 Å². The van der Waals surface area contributed by atoms with Crippen molar-refractivity contribution in [3.05, 3.63) is 0 Å². The third-order valence-corrected chi connectivity index (χ3v) is 1.93. The van der Waals surface area contributed by atoms with Crippen molar-refractivity contribution in [3.8, 4) is 0 Å². The Bertz CT molecular complexity index is 126. The van der Waals surface area contributed by atoms with E-state index in [1.807, 2.05) is 0 Å². The SMILES string of the molecule is CC(=O)[C@@H]1CCC(Cl)N1. The molecule has 0 saturated carbocycles. The molecule has 0 amide bonds. The second-order valence-electron chi connectivity index (χ2n) is 2.37. The molecule has 0 radical (unpaired) electrons. The number of hydrogen-bond donors (Lipinski definition) is 1. The molecule has 2 atom stereocenters. The topological polar surface area (TPSA) is 29.1 Å². The first kappa shape index (κ1) is 7.03. The van der Waals surface area contributed by atoms with Crippen molar-refractivity contribution < 1.29 is 4.79 Å². The van der Waals surface area contributed by atoms with Gasteiger partial charge in [-0.15, -0.1) is 11.6 Å². The minimum atomic E-state index is 0.0129. The molecule has 0 bridgehead atoms. The van der Waals surface area contributed by atoms with Crippen LogP contribution in [0.25, 0.3) is 0 Å². The molecule has 1 N–H and O–H groups in total. The number of halogens is 1. The standard InChI is InChI=1S/C6H10ClNO/c1-4(9)5-2-3-6(7)8-5/h5-6,8H,2-3H2,1H3/t5-,6?/m0/s1. The largest absolute Gasteiger partial charge is 0.298 e. The summed E-state index contributed by atoms with van der Waals surface area (Å²) in [6, 6.07) is 0.0208. The Labute approximate surface area is 59.6 Å². The maximum Gasteiger partial charge on any atom is 0.146 e. The van der Waals surface area contributed by atoms with Crippen LogP contribution in [0.5, 0.6) is 0 Å². The van der Waals surface area contributed by atoms with Crippen molar-refractivity contribution in [1.29, 1.82) is 0 Å². The fraction of sp³-hybridized carbons (Fsp3) is 0.833. The second-order valence-corrected chi connectivity index (χ2v) is 2.90. The zero-order valence-electron chi connectivity index (χ0n) is 5.36. The lowest BCUT2D eigenvalue weighted by molar-refractivity contribution is -0.118. The van der Waals surface area contributed by atoms with E-state index < -0.39 is 0 Å². The van der Waals surface area contributed by atoms with Crippen molar-refractivity contribution in [2.45, 2.75) is 31.3 Å². The van der Waals surface area contributed by atoms with Crippen LogP contribution in [0.3, 0.4) is 0 Å². The summed E-state index contributed by atoms with van der Waals surface area (Å²) in [6.45, 7) is 1.59. The minimum Gasteiger partial charge on any atom is -0.298 e. The van der Waals surface area contributed by atoms with E-state index in [2.05, 4.69) is 5.32 Å². The third-order valence-electron chi connectivity index (χ3n) is 1.58. The first-order valence-electron chi connectivity index (χ1n) is 3.10. The highest BCUT2D eigenvalue weighted by molar-refractivity contribution is 6.20. The van der Waals surface area contributed by atoms with Crippen LogP contribution in [0.2, 0.25) is 0 Å². The highest BCUT2D eigenvalue weighted by Crippen LogP contribution is 2.15. The van der Waals surface area contributed by atoms with Crippen LogP contribution in [0, 0.1) is 0 Å². The summed E-state index contributed by atoms with van der Waals surface area (Å²) in [6.07, 6.45) is 1.80. The van der Waals surface area contributed by atoms with Gasteiger partial charge in [0.1, 0.15) is 5.78 Å².